The lowest BCUT2D eigenvalue weighted by molar-refractivity contribution is 0.0849. The van der Waals surface area contributed by atoms with Crippen LogP contribution in [-0.4, -0.2) is 55.8 Å². The van der Waals surface area contributed by atoms with Gasteiger partial charge in [-0.05, 0) is 12.1 Å². The van der Waals surface area contributed by atoms with Crippen molar-refractivity contribution in [2.45, 2.75) is 0 Å². The van der Waals surface area contributed by atoms with Crippen LogP contribution in [0.5, 0.6) is 17.2 Å². The summed E-state index contributed by atoms with van der Waals surface area (Å²) in [6, 6.07) is 3.56. The molecule has 0 atom stereocenters. The van der Waals surface area contributed by atoms with Crippen LogP contribution in [0.4, 0.5) is 0 Å². The maximum atomic E-state index is 12.2. The Morgan fingerprint density at radius 1 is 1.08 bits per heavy atom. The van der Waals surface area contributed by atoms with Gasteiger partial charge in [0.05, 0.1) is 38.8 Å². The van der Waals surface area contributed by atoms with Gasteiger partial charge in [-0.3, -0.25) is 4.79 Å². The van der Waals surface area contributed by atoms with Crippen molar-refractivity contribution in [2.24, 2.45) is 0 Å². The van der Waals surface area contributed by atoms with E-state index in [-0.39, 0.29) is 12.4 Å². The normalized spacial score (nSPS) is 10.8. The number of fused-ring (bicyclic) bond motifs is 1. The first-order valence-corrected chi connectivity index (χ1v) is 7.79. The molecule has 0 saturated carbocycles. The van der Waals surface area contributed by atoms with Crippen LogP contribution in [0.3, 0.4) is 0 Å². The van der Waals surface area contributed by atoms with Crippen LogP contribution in [0, 0.1) is 0 Å². The van der Waals surface area contributed by atoms with Crippen LogP contribution in [0.2, 0.25) is 0 Å². The lowest BCUT2D eigenvalue weighted by Gasteiger charge is -2.13. The number of nitrogens with zero attached hydrogens (tertiary/aromatic N) is 2. The fraction of sp³-hybridized carbons (Fsp3) is 0.278. The summed E-state index contributed by atoms with van der Waals surface area (Å²) in [5.74, 6) is 1.34. The number of aromatic amines is 1. The minimum absolute atomic E-state index is 0.0248. The third-order valence-electron chi connectivity index (χ3n) is 3.92. The fourth-order valence-corrected chi connectivity index (χ4v) is 2.68. The van der Waals surface area contributed by atoms with Gasteiger partial charge in [-0.2, -0.15) is 0 Å². The Hall–Kier alpha value is -3.13. The Balaban J connectivity index is 2.13. The Morgan fingerprint density at radius 2 is 1.77 bits per heavy atom. The summed E-state index contributed by atoms with van der Waals surface area (Å²) in [7, 11) is 6.10. The van der Waals surface area contributed by atoms with E-state index in [1.54, 1.807) is 45.9 Å². The number of hydrogen-bond donors (Lipinski definition) is 1. The zero-order valence-electron chi connectivity index (χ0n) is 15.0. The number of nitrogens with one attached hydrogen (secondary N) is 1. The maximum Gasteiger partial charge on any atom is 0.203 e. The molecule has 0 bridgehead atoms. The second-order valence-corrected chi connectivity index (χ2v) is 5.43. The predicted molar refractivity (Wildman–Crippen MR) is 95.2 cm³/mol. The molecule has 0 aliphatic carbocycles. The average molecular weight is 357 g/mol. The highest BCUT2D eigenvalue weighted by molar-refractivity contribution is 6.06. The third kappa shape index (κ3) is 3.06. The van der Waals surface area contributed by atoms with Gasteiger partial charge in [-0.15, -0.1) is 0 Å². The summed E-state index contributed by atoms with van der Waals surface area (Å²) >= 11 is 0. The first-order chi connectivity index (χ1) is 12.6. The molecule has 26 heavy (non-hydrogen) atoms. The Bertz CT molecular complexity index is 926. The summed E-state index contributed by atoms with van der Waals surface area (Å²) in [4.78, 5) is 24.1. The van der Waals surface area contributed by atoms with Crippen LogP contribution in [0.25, 0.3) is 22.4 Å². The van der Waals surface area contributed by atoms with Crippen molar-refractivity contribution in [1.29, 1.82) is 0 Å². The van der Waals surface area contributed by atoms with Gasteiger partial charge in [0.2, 0.25) is 5.75 Å². The Morgan fingerprint density at radius 3 is 2.35 bits per heavy atom. The first-order valence-electron chi connectivity index (χ1n) is 7.79. The number of benzene rings is 1. The highest BCUT2D eigenvalue weighted by Gasteiger charge is 2.18. The molecular formula is C18H19N3O5. The smallest absolute Gasteiger partial charge is 0.203 e. The van der Waals surface area contributed by atoms with Crippen LogP contribution in [0.15, 0.2) is 24.5 Å². The summed E-state index contributed by atoms with van der Waals surface area (Å²) in [5, 5.41) is 0. The van der Waals surface area contributed by atoms with E-state index in [9.17, 15) is 4.79 Å². The topological polar surface area (TPSA) is 95.6 Å². The molecule has 0 aliphatic heterocycles. The van der Waals surface area contributed by atoms with E-state index >= 15 is 0 Å². The minimum Gasteiger partial charge on any atom is -0.493 e. The molecule has 1 aromatic carbocycles. The van der Waals surface area contributed by atoms with Crippen molar-refractivity contribution in [3.63, 3.8) is 0 Å². The number of hydrogen-bond acceptors (Lipinski definition) is 7. The van der Waals surface area contributed by atoms with Crippen molar-refractivity contribution >= 4 is 16.9 Å². The number of Topliss-reactive ketones (excluding diaryl/α,β-unsaturated/α-hetero) is 1. The summed E-state index contributed by atoms with van der Waals surface area (Å²) in [6.07, 6.45) is 3.20. The molecule has 0 amide bonds. The number of aromatic nitrogens is 3. The van der Waals surface area contributed by atoms with Gasteiger partial charge in [-0.25, -0.2) is 9.97 Å². The number of ether oxygens (including phenoxy) is 4. The number of carbonyl (C=O) groups excluding carboxylic acids is 1. The van der Waals surface area contributed by atoms with Crippen LogP contribution >= 0.6 is 0 Å². The minimum atomic E-state index is -0.171. The van der Waals surface area contributed by atoms with Crippen LogP contribution in [-0.2, 0) is 4.74 Å². The standard InChI is InChI=1S/C18H19N3O5/c1-23-9-13(22)11-7-19-18-16(11)21-12(8-20-18)10-5-14(24-2)17(26-4)15(6-10)25-3/h5-8H,9H2,1-4H3,(H,19,20). The first kappa shape index (κ1) is 17.7. The molecule has 3 aromatic rings. The average Bonchev–Trinajstić information content (AvgIpc) is 3.10. The largest absolute Gasteiger partial charge is 0.493 e. The number of rotatable bonds is 7. The molecule has 2 aromatic heterocycles. The summed E-state index contributed by atoms with van der Waals surface area (Å²) in [6.45, 7) is -0.0248. The molecule has 1 N–H and O–H groups in total. The molecule has 3 rings (SSSR count). The molecule has 2 heterocycles. The van der Waals surface area contributed by atoms with Gasteiger partial charge in [0.15, 0.2) is 22.9 Å². The Labute approximate surface area is 150 Å². The molecule has 0 spiro atoms. The zero-order valence-corrected chi connectivity index (χ0v) is 15.0. The molecule has 0 radical (unpaired) electrons. The van der Waals surface area contributed by atoms with Crippen molar-refractivity contribution < 1.29 is 23.7 Å². The zero-order chi connectivity index (χ0) is 18.7. The predicted octanol–water partition coefficient (Wildman–Crippen LogP) is 2.48. The van der Waals surface area contributed by atoms with Gasteiger partial charge in [0.1, 0.15) is 12.1 Å². The third-order valence-corrected chi connectivity index (χ3v) is 3.92. The molecule has 0 unspecified atom stereocenters. The summed E-state index contributed by atoms with van der Waals surface area (Å²) in [5.41, 5.74) is 2.74. The summed E-state index contributed by atoms with van der Waals surface area (Å²) < 4.78 is 21.0. The number of ketones is 1. The van der Waals surface area contributed by atoms with E-state index in [1.165, 1.54) is 7.11 Å². The maximum absolute atomic E-state index is 12.2. The van der Waals surface area contributed by atoms with Gasteiger partial charge in [-0.1, -0.05) is 0 Å². The van der Waals surface area contributed by atoms with Gasteiger partial charge in [0, 0.05) is 18.9 Å². The van der Waals surface area contributed by atoms with E-state index in [0.29, 0.717) is 39.7 Å². The van der Waals surface area contributed by atoms with Crippen LogP contribution < -0.4 is 14.2 Å². The van der Waals surface area contributed by atoms with Gasteiger partial charge >= 0.3 is 0 Å². The van der Waals surface area contributed by atoms with Crippen molar-refractivity contribution in [1.82, 2.24) is 15.0 Å². The number of H-pyrrole nitrogens is 1. The molecule has 0 aliphatic rings. The fourth-order valence-electron chi connectivity index (χ4n) is 2.68. The molecule has 136 valence electrons. The lowest BCUT2D eigenvalue weighted by atomic mass is 10.1. The number of methoxy groups -OCH3 is 4. The van der Waals surface area contributed by atoms with E-state index in [0.717, 1.165) is 5.56 Å². The molecule has 0 fully saturated rings. The second kappa shape index (κ2) is 7.40. The molecular weight excluding hydrogens is 338 g/mol. The van der Waals surface area contributed by atoms with E-state index in [4.69, 9.17) is 18.9 Å². The highest BCUT2D eigenvalue weighted by atomic mass is 16.5. The van der Waals surface area contributed by atoms with E-state index < -0.39 is 0 Å². The highest BCUT2D eigenvalue weighted by Crippen LogP contribution is 2.40. The van der Waals surface area contributed by atoms with Gasteiger partial charge < -0.3 is 23.9 Å². The van der Waals surface area contributed by atoms with Crippen LogP contribution in [0.1, 0.15) is 10.4 Å². The monoisotopic (exact) mass is 357 g/mol. The van der Waals surface area contributed by atoms with Crippen molar-refractivity contribution in [3.05, 3.63) is 30.1 Å². The van der Waals surface area contributed by atoms with E-state index in [2.05, 4.69) is 15.0 Å². The lowest BCUT2D eigenvalue weighted by Crippen LogP contribution is -2.06. The second-order valence-electron chi connectivity index (χ2n) is 5.43. The number of carbonyl (C=O) groups is 1. The van der Waals surface area contributed by atoms with Crippen molar-refractivity contribution in [2.75, 3.05) is 35.0 Å². The quantitative estimate of drug-likeness (QED) is 0.649. The van der Waals surface area contributed by atoms with Crippen molar-refractivity contribution in [3.8, 4) is 28.5 Å². The molecule has 8 nitrogen and oxygen atoms in total. The Kier molecular flexibility index (Phi) is 5.04. The molecule has 8 heteroatoms. The van der Waals surface area contributed by atoms with Gasteiger partial charge in [0.25, 0.3) is 0 Å². The molecule has 0 saturated heterocycles. The van der Waals surface area contributed by atoms with E-state index in [1.807, 2.05) is 0 Å². The SMILES string of the molecule is COCC(=O)c1c[nH]c2ncc(-c3cc(OC)c(OC)c(OC)c3)nc12.